The van der Waals surface area contributed by atoms with Gasteiger partial charge in [0.05, 0.1) is 19.3 Å². The molecule has 0 radical (unpaired) electrons. The van der Waals surface area contributed by atoms with Crippen molar-refractivity contribution in [3.05, 3.63) is 72.8 Å². The van der Waals surface area contributed by atoms with Crippen molar-refractivity contribution in [2.75, 3.05) is 12.4 Å². The molecule has 4 aromatic heterocycles. The van der Waals surface area contributed by atoms with Gasteiger partial charge in [0, 0.05) is 24.0 Å². The lowest BCUT2D eigenvalue weighted by Gasteiger charge is -2.17. The average Bonchev–Trinajstić information content (AvgIpc) is 3.39. The van der Waals surface area contributed by atoms with Gasteiger partial charge >= 0.3 is 0 Å². The second-order valence-electron chi connectivity index (χ2n) is 6.63. The van der Waals surface area contributed by atoms with Crippen molar-refractivity contribution in [2.45, 2.75) is 13.0 Å². The summed E-state index contributed by atoms with van der Waals surface area (Å²) in [5.74, 6) is 2.22. The topological polar surface area (TPSA) is 82.2 Å². The van der Waals surface area contributed by atoms with Crippen molar-refractivity contribution in [3.8, 4) is 11.6 Å². The zero-order valence-corrected chi connectivity index (χ0v) is 16.0. The van der Waals surface area contributed by atoms with E-state index in [4.69, 9.17) is 9.72 Å². The fraction of sp³-hybridized carbons (Fsp3) is 0.143. The van der Waals surface area contributed by atoms with Gasteiger partial charge in [-0.1, -0.05) is 18.2 Å². The molecule has 8 heteroatoms. The maximum Gasteiger partial charge on any atom is 0.215 e. The molecule has 0 fully saturated rings. The van der Waals surface area contributed by atoms with Crippen LogP contribution in [-0.4, -0.2) is 36.2 Å². The smallest absolute Gasteiger partial charge is 0.215 e. The molecule has 1 N–H and O–H groups in total. The molecular formula is C21H19N7O. The van der Waals surface area contributed by atoms with E-state index in [0.29, 0.717) is 5.88 Å². The van der Waals surface area contributed by atoms with Crippen molar-refractivity contribution >= 4 is 22.6 Å². The van der Waals surface area contributed by atoms with E-state index in [1.54, 1.807) is 24.0 Å². The van der Waals surface area contributed by atoms with E-state index in [1.807, 2.05) is 54.6 Å². The molecule has 0 aliphatic heterocycles. The molecule has 0 spiro atoms. The molecule has 0 amide bonds. The van der Waals surface area contributed by atoms with Crippen molar-refractivity contribution < 1.29 is 4.74 Å². The first-order chi connectivity index (χ1) is 14.2. The van der Waals surface area contributed by atoms with Crippen LogP contribution in [0.25, 0.3) is 22.5 Å². The number of rotatable bonds is 5. The summed E-state index contributed by atoms with van der Waals surface area (Å²) in [6, 6.07) is 17.5. The summed E-state index contributed by atoms with van der Waals surface area (Å²) in [7, 11) is 1.61. The van der Waals surface area contributed by atoms with Crippen molar-refractivity contribution in [2.24, 2.45) is 0 Å². The highest BCUT2D eigenvalue weighted by Crippen LogP contribution is 2.27. The average molecular weight is 385 g/mol. The number of hydrogen-bond donors (Lipinski definition) is 1. The minimum atomic E-state index is -0.120. The summed E-state index contributed by atoms with van der Waals surface area (Å²) >= 11 is 0. The summed E-state index contributed by atoms with van der Waals surface area (Å²) in [5, 5.41) is 7.85. The number of ether oxygens (including phenoxy) is 1. The normalized spacial score (nSPS) is 12.3. The number of nitrogens with one attached hydrogen (secondary N) is 1. The van der Waals surface area contributed by atoms with Gasteiger partial charge < -0.3 is 10.1 Å². The number of methoxy groups -OCH3 is 1. The summed E-state index contributed by atoms with van der Waals surface area (Å²) in [6.07, 6.45) is 3.49. The molecule has 0 saturated heterocycles. The third kappa shape index (κ3) is 2.94. The van der Waals surface area contributed by atoms with E-state index in [-0.39, 0.29) is 6.04 Å². The van der Waals surface area contributed by atoms with Gasteiger partial charge in [-0.05, 0) is 31.2 Å². The molecule has 0 aliphatic rings. The molecule has 29 heavy (non-hydrogen) atoms. The lowest BCUT2D eigenvalue weighted by atomic mass is 10.2. The summed E-state index contributed by atoms with van der Waals surface area (Å²) in [4.78, 5) is 13.8. The minimum Gasteiger partial charge on any atom is -0.481 e. The van der Waals surface area contributed by atoms with Crippen molar-refractivity contribution in [1.82, 2.24) is 29.1 Å². The first kappa shape index (κ1) is 17.2. The number of anilines is 1. The van der Waals surface area contributed by atoms with Gasteiger partial charge in [0.25, 0.3) is 0 Å². The quantitative estimate of drug-likeness (QED) is 0.497. The van der Waals surface area contributed by atoms with E-state index >= 15 is 0 Å². The monoisotopic (exact) mass is 385 g/mol. The minimum absolute atomic E-state index is 0.120. The van der Waals surface area contributed by atoms with Crippen LogP contribution >= 0.6 is 0 Å². The van der Waals surface area contributed by atoms with Gasteiger partial charge in [-0.3, -0.25) is 4.57 Å². The fourth-order valence-corrected chi connectivity index (χ4v) is 3.42. The molecule has 4 heterocycles. The predicted octanol–water partition coefficient (Wildman–Crippen LogP) is 3.64. The van der Waals surface area contributed by atoms with Crippen LogP contribution in [0.4, 0.5) is 5.82 Å². The molecule has 5 aromatic rings. The standard InChI is InChI=1S/C21H19N7O/c1-14(24-18-10-12-22-17-11-13-23-28(17)18)20-25-16-8-9-19(29-2)26-21(16)27(20)15-6-4-3-5-7-15/h3-14,24H,1-2H3/t14-/m0/s1. The van der Waals surface area contributed by atoms with E-state index < -0.39 is 0 Å². The van der Waals surface area contributed by atoms with Gasteiger partial charge in [0.2, 0.25) is 5.88 Å². The Balaban J connectivity index is 1.64. The number of benzene rings is 1. The second-order valence-corrected chi connectivity index (χ2v) is 6.63. The Morgan fingerprint density at radius 3 is 2.66 bits per heavy atom. The third-order valence-electron chi connectivity index (χ3n) is 4.77. The maximum absolute atomic E-state index is 5.33. The van der Waals surface area contributed by atoms with E-state index in [0.717, 1.165) is 34.1 Å². The predicted molar refractivity (Wildman–Crippen MR) is 110 cm³/mol. The number of para-hydroxylation sites is 1. The van der Waals surface area contributed by atoms with E-state index in [1.165, 1.54) is 0 Å². The molecule has 8 nitrogen and oxygen atoms in total. The summed E-state index contributed by atoms with van der Waals surface area (Å²) < 4.78 is 9.16. The zero-order chi connectivity index (χ0) is 19.8. The lowest BCUT2D eigenvalue weighted by molar-refractivity contribution is 0.399. The first-order valence-electron chi connectivity index (χ1n) is 9.28. The molecule has 1 aromatic carbocycles. The van der Waals surface area contributed by atoms with Crippen LogP contribution in [-0.2, 0) is 0 Å². The van der Waals surface area contributed by atoms with Gasteiger partial charge in [0.15, 0.2) is 11.3 Å². The lowest BCUT2D eigenvalue weighted by Crippen LogP contribution is -2.15. The first-order valence-corrected chi connectivity index (χ1v) is 9.28. The van der Waals surface area contributed by atoms with Crippen LogP contribution in [0.1, 0.15) is 18.8 Å². The summed E-state index contributed by atoms with van der Waals surface area (Å²) in [6.45, 7) is 2.06. The Labute approximate surface area is 166 Å². The van der Waals surface area contributed by atoms with Gasteiger partial charge in [-0.15, -0.1) is 0 Å². The number of nitrogens with zero attached hydrogens (tertiary/aromatic N) is 6. The second kappa shape index (κ2) is 6.90. The Kier molecular flexibility index (Phi) is 4.09. The van der Waals surface area contributed by atoms with Crippen LogP contribution in [0.2, 0.25) is 0 Å². The SMILES string of the molecule is COc1ccc2nc([C@H](C)Nc3ccnc4ccnn34)n(-c3ccccc3)c2n1. The molecule has 144 valence electrons. The van der Waals surface area contributed by atoms with E-state index in [9.17, 15) is 0 Å². The van der Waals surface area contributed by atoms with Crippen molar-refractivity contribution in [1.29, 1.82) is 0 Å². The highest BCUT2D eigenvalue weighted by Gasteiger charge is 2.20. The maximum atomic E-state index is 5.33. The molecule has 1 atom stereocenters. The van der Waals surface area contributed by atoms with Crippen LogP contribution in [0.15, 0.2) is 67.0 Å². The Bertz CT molecular complexity index is 1290. The van der Waals surface area contributed by atoms with Gasteiger partial charge in [0.1, 0.15) is 17.2 Å². The molecular weight excluding hydrogens is 366 g/mol. The van der Waals surface area contributed by atoms with E-state index in [2.05, 4.69) is 31.9 Å². The number of hydrogen-bond acceptors (Lipinski definition) is 6. The third-order valence-corrected chi connectivity index (χ3v) is 4.77. The molecule has 0 saturated carbocycles. The molecule has 0 bridgehead atoms. The highest BCUT2D eigenvalue weighted by atomic mass is 16.5. The molecule has 5 rings (SSSR count). The van der Waals surface area contributed by atoms with Crippen molar-refractivity contribution in [3.63, 3.8) is 0 Å². The number of imidazole rings is 1. The molecule has 0 aliphatic carbocycles. The van der Waals surface area contributed by atoms with Gasteiger partial charge in [-0.25, -0.2) is 9.97 Å². The number of fused-ring (bicyclic) bond motifs is 2. The molecule has 0 unspecified atom stereocenters. The van der Waals surface area contributed by atoms with Crippen LogP contribution in [0.5, 0.6) is 5.88 Å². The fourth-order valence-electron chi connectivity index (χ4n) is 3.42. The Morgan fingerprint density at radius 1 is 0.966 bits per heavy atom. The number of pyridine rings is 1. The van der Waals surface area contributed by atoms with Crippen LogP contribution in [0.3, 0.4) is 0 Å². The zero-order valence-electron chi connectivity index (χ0n) is 16.0. The van der Waals surface area contributed by atoms with Crippen LogP contribution < -0.4 is 10.1 Å². The summed E-state index contributed by atoms with van der Waals surface area (Å²) in [5.41, 5.74) is 3.32. The Morgan fingerprint density at radius 2 is 1.83 bits per heavy atom. The Hall–Kier alpha value is -3.94. The number of aromatic nitrogens is 6. The van der Waals surface area contributed by atoms with Gasteiger partial charge in [-0.2, -0.15) is 14.6 Å². The van der Waals surface area contributed by atoms with Crippen LogP contribution in [0, 0.1) is 0 Å². The highest BCUT2D eigenvalue weighted by molar-refractivity contribution is 5.75. The largest absolute Gasteiger partial charge is 0.481 e.